The van der Waals surface area contributed by atoms with E-state index in [-0.39, 0.29) is 5.52 Å². The maximum atomic E-state index is 12.9. The van der Waals surface area contributed by atoms with Crippen molar-refractivity contribution in [1.82, 2.24) is 9.55 Å². The van der Waals surface area contributed by atoms with Crippen molar-refractivity contribution in [2.75, 3.05) is 0 Å². The molecule has 1 aromatic heterocycles. The molecule has 0 saturated carbocycles. The van der Waals surface area contributed by atoms with E-state index in [2.05, 4.69) is 4.98 Å². The van der Waals surface area contributed by atoms with Crippen molar-refractivity contribution in [3.63, 3.8) is 0 Å². The molecule has 0 fully saturated rings. The molecule has 1 aliphatic heterocycles. The summed E-state index contributed by atoms with van der Waals surface area (Å²) in [4.78, 5) is 3.99. The fraction of sp³-hybridized carbons (Fsp3) is 0.417. The number of hydrogen-bond donors (Lipinski definition) is 1. The van der Waals surface area contributed by atoms with Crippen LogP contribution < -0.4 is 0 Å². The third kappa shape index (κ3) is 1.59. The summed E-state index contributed by atoms with van der Waals surface area (Å²) in [6, 6.07) is 4.01. The van der Waals surface area contributed by atoms with Gasteiger partial charge in [0, 0.05) is 6.54 Å². The van der Waals surface area contributed by atoms with Crippen molar-refractivity contribution in [1.29, 1.82) is 0 Å². The molecular formula is C12H11F3N2O. The Balaban J connectivity index is 2.31. The number of aromatic nitrogens is 2. The number of benzene rings is 1. The number of nitrogens with zero attached hydrogens (tertiary/aromatic N) is 2. The highest BCUT2D eigenvalue weighted by molar-refractivity contribution is 5.80. The van der Waals surface area contributed by atoms with E-state index >= 15 is 0 Å². The van der Waals surface area contributed by atoms with Crippen LogP contribution in [0.25, 0.3) is 11.0 Å². The van der Waals surface area contributed by atoms with Gasteiger partial charge in [-0.2, -0.15) is 13.2 Å². The van der Waals surface area contributed by atoms with Crippen molar-refractivity contribution in [2.45, 2.75) is 31.7 Å². The Kier molecular flexibility index (Phi) is 2.38. The molecule has 0 amide bonds. The summed E-state index contributed by atoms with van der Waals surface area (Å²) in [6.07, 6.45) is -3.90. The van der Waals surface area contributed by atoms with Gasteiger partial charge in [0.2, 0.25) is 0 Å². The summed E-state index contributed by atoms with van der Waals surface area (Å²) in [7, 11) is 0. The molecule has 6 heteroatoms. The van der Waals surface area contributed by atoms with E-state index in [4.69, 9.17) is 0 Å². The van der Waals surface area contributed by atoms with Crippen molar-refractivity contribution in [3.8, 4) is 0 Å². The van der Waals surface area contributed by atoms with Crippen LogP contribution in [-0.4, -0.2) is 14.7 Å². The van der Waals surface area contributed by atoms with Crippen LogP contribution in [0.1, 0.15) is 30.3 Å². The number of aliphatic hydroxyl groups is 1. The molecule has 0 radical (unpaired) electrons. The van der Waals surface area contributed by atoms with E-state index in [9.17, 15) is 18.3 Å². The maximum absolute atomic E-state index is 12.9. The molecule has 0 saturated heterocycles. The number of aliphatic hydroxyl groups excluding tert-OH is 1. The molecule has 0 bridgehead atoms. The van der Waals surface area contributed by atoms with Gasteiger partial charge in [-0.3, -0.25) is 0 Å². The predicted octanol–water partition coefficient (Wildman–Crippen LogP) is 2.88. The van der Waals surface area contributed by atoms with Crippen molar-refractivity contribution < 1.29 is 18.3 Å². The first-order chi connectivity index (χ1) is 8.48. The molecule has 3 nitrogen and oxygen atoms in total. The standard InChI is InChI=1S/C12H11F3N2O/c13-12(14,15)7-3-1-4-8-10(7)16-11-9(18)5-2-6-17(8)11/h1,3-4,9,18H,2,5-6H2. The number of para-hydroxylation sites is 1. The third-order valence-corrected chi connectivity index (χ3v) is 3.27. The van der Waals surface area contributed by atoms with Crippen molar-refractivity contribution in [3.05, 3.63) is 29.6 Å². The average molecular weight is 256 g/mol. The van der Waals surface area contributed by atoms with Gasteiger partial charge in [-0.05, 0) is 25.0 Å². The maximum Gasteiger partial charge on any atom is 0.418 e. The fourth-order valence-electron chi connectivity index (χ4n) is 2.45. The lowest BCUT2D eigenvalue weighted by molar-refractivity contribution is -0.136. The van der Waals surface area contributed by atoms with Crippen LogP contribution in [0, 0.1) is 0 Å². The molecular weight excluding hydrogens is 245 g/mol. The molecule has 0 spiro atoms. The van der Waals surface area contributed by atoms with Crippen LogP contribution in [0.5, 0.6) is 0 Å². The van der Waals surface area contributed by atoms with Gasteiger partial charge in [-0.25, -0.2) is 4.98 Å². The van der Waals surface area contributed by atoms with E-state index < -0.39 is 17.8 Å². The zero-order valence-corrected chi connectivity index (χ0v) is 9.41. The van der Waals surface area contributed by atoms with Gasteiger partial charge in [0.05, 0.1) is 11.1 Å². The minimum atomic E-state index is -4.42. The molecule has 1 N–H and O–H groups in total. The molecule has 1 atom stereocenters. The molecule has 1 unspecified atom stereocenters. The van der Waals surface area contributed by atoms with E-state index in [0.29, 0.717) is 24.3 Å². The second-order valence-corrected chi connectivity index (χ2v) is 4.45. The highest BCUT2D eigenvalue weighted by Gasteiger charge is 2.35. The Morgan fingerprint density at radius 1 is 1.33 bits per heavy atom. The van der Waals surface area contributed by atoms with Crippen LogP contribution >= 0.6 is 0 Å². The Morgan fingerprint density at radius 2 is 2.11 bits per heavy atom. The summed E-state index contributed by atoms with van der Waals surface area (Å²) in [5, 5.41) is 9.79. The Hall–Kier alpha value is -1.56. The zero-order chi connectivity index (χ0) is 12.9. The number of imidazole rings is 1. The van der Waals surface area contributed by atoms with E-state index in [1.165, 1.54) is 6.07 Å². The predicted molar refractivity (Wildman–Crippen MR) is 58.9 cm³/mol. The highest BCUT2D eigenvalue weighted by atomic mass is 19.4. The first-order valence-corrected chi connectivity index (χ1v) is 5.73. The third-order valence-electron chi connectivity index (χ3n) is 3.27. The first kappa shape index (κ1) is 11.5. The van der Waals surface area contributed by atoms with Crippen LogP contribution in [0.15, 0.2) is 18.2 Å². The Bertz CT molecular complexity index is 603. The van der Waals surface area contributed by atoms with Crippen LogP contribution in [0.2, 0.25) is 0 Å². The number of fused-ring (bicyclic) bond motifs is 3. The lowest BCUT2D eigenvalue weighted by Gasteiger charge is -2.19. The minimum Gasteiger partial charge on any atom is -0.385 e. The van der Waals surface area contributed by atoms with Gasteiger partial charge in [0.25, 0.3) is 0 Å². The lowest BCUT2D eigenvalue weighted by atomic mass is 10.1. The molecule has 96 valence electrons. The highest BCUT2D eigenvalue weighted by Crippen LogP contribution is 2.36. The van der Waals surface area contributed by atoms with Crippen molar-refractivity contribution >= 4 is 11.0 Å². The van der Waals surface area contributed by atoms with Gasteiger partial charge in [-0.15, -0.1) is 0 Å². The van der Waals surface area contributed by atoms with Gasteiger partial charge in [0.1, 0.15) is 17.4 Å². The topological polar surface area (TPSA) is 38.0 Å². The minimum absolute atomic E-state index is 0.0686. The molecule has 3 rings (SSSR count). The molecule has 2 aromatic rings. The molecule has 0 aliphatic carbocycles. The Labute approximate surface area is 101 Å². The van der Waals surface area contributed by atoms with Gasteiger partial charge in [0.15, 0.2) is 0 Å². The van der Waals surface area contributed by atoms with Gasteiger partial charge in [-0.1, -0.05) is 6.07 Å². The largest absolute Gasteiger partial charge is 0.418 e. The smallest absolute Gasteiger partial charge is 0.385 e. The van der Waals surface area contributed by atoms with Gasteiger partial charge < -0.3 is 9.67 Å². The second-order valence-electron chi connectivity index (χ2n) is 4.45. The zero-order valence-electron chi connectivity index (χ0n) is 9.41. The first-order valence-electron chi connectivity index (χ1n) is 5.73. The fourth-order valence-corrected chi connectivity index (χ4v) is 2.45. The van der Waals surface area contributed by atoms with Gasteiger partial charge >= 0.3 is 6.18 Å². The number of hydrogen-bond acceptors (Lipinski definition) is 2. The van der Waals surface area contributed by atoms with E-state index in [1.54, 1.807) is 10.6 Å². The molecule has 1 aliphatic rings. The lowest BCUT2D eigenvalue weighted by Crippen LogP contribution is -2.15. The van der Waals surface area contributed by atoms with Crippen LogP contribution in [-0.2, 0) is 12.7 Å². The molecule has 18 heavy (non-hydrogen) atoms. The van der Waals surface area contributed by atoms with Crippen LogP contribution in [0.3, 0.4) is 0 Å². The number of halogens is 3. The Morgan fingerprint density at radius 3 is 2.83 bits per heavy atom. The summed E-state index contributed by atoms with van der Waals surface area (Å²) < 4.78 is 40.3. The molecule has 2 heterocycles. The monoisotopic (exact) mass is 256 g/mol. The summed E-state index contributed by atoms with van der Waals surface area (Å²) in [5.41, 5.74) is -0.367. The number of aryl methyl sites for hydroxylation is 1. The van der Waals surface area contributed by atoms with Crippen molar-refractivity contribution in [2.24, 2.45) is 0 Å². The van der Waals surface area contributed by atoms with E-state index in [0.717, 1.165) is 12.5 Å². The van der Waals surface area contributed by atoms with Crippen LogP contribution in [0.4, 0.5) is 13.2 Å². The van der Waals surface area contributed by atoms with E-state index in [1.807, 2.05) is 0 Å². The summed E-state index contributed by atoms with van der Waals surface area (Å²) >= 11 is 0. The summed E-state index contributed by atoms with van der Waals surface area (Å²) in [5.74, 6) is 0.341. The SMILES string of the molecule is OC1CCCn2c1nc1c(C(F)(F)F)cccc12. The quantitative estimate of drug-likeness (QED) is 0.787. The average Bonchev–Trinajstić information content (AvgIpc) is 2.68. The second kappa shape index (κ2) is 3.71. The number of alkyl halides is 3. The number of rotatable bonds is 0. The molecule has 1 aromatic carbocycles. The normalized spacial score (nSPS) is 20.1. The summed E-state index contributed by atoms with van der Waals surface area (Å²) in [6.45, 7) is 0.601.